The highest BCUT2D eigenvalue weighted by atomic mass is 19.3. The molecule has 1 aromatic carbocycles. The van der Waals surface area contributed by atoms with Crippen LogP contribution in [0.4, 0.5) is 8.78 Å². The third-order valence-electron chi connectivity index (χ3n) is 2.32. The standard InChI is InChI=1S/C11H14F2N2O2/c12-11(13)17-9-3-1-7(2-4-9)5-8(6-14)10(15)16/h1-4,8,11H,5-6,14H2,(H2,15,16). The van der Waals surface area contributed by atoms with Gasteiger partial charge in [-0.25, -0.2) is 0 Å². The van der Waals surface area contributed by atoms with Crippen molar-refractivity contribution in [2.24, 2.45) is 17.4 Å². The predicted molar refractivity (Wildman–Crippen MR) is 58.5 cm³/mol. The van der Waals surface area contributed by atoms with E-state index in [1.54, 1.807) is 12.1 Å². The number of rotatable bonds is 6. The lowest BCUT2D eigenvalue weighted by molar-refractivity contribution is -0.121. The molecule has 94 valence electrons. The third kappa shape index (κ3) is 4.36. The van der Waals surface area contributed by atoms with Crippen LogP contribution in [0.3, 0.4) is 0 Å². The highest BCUT2D eigenvalue weighted by molar-refractivity contribution is 5.77. The Kier molecular flexibility index (Phi) is 4.84. The van der Waals surface area contributed by atoms with Gasteiger partial charge >= 0.3 is 6.61 Å². The van der Waals surface area contributed by atoms with E-state index in [0.29, 0.717) is 6.42 Å². The molecule has 0 aliphatic heterocycles. The molecule has 1 amide bonds. The number of halogens is 2. The van der Waals surface area contributed by atoms with Gasteiger partial charge < -0.3 is 16.2 Å². The Bertz CT molecular complexity index is 368. The van der Waals surface area contributed by atoms with Crippen LogP contribution in [0, 0.1) is 5.92 Å². The first-order chi connectivity index (χ1) is 8.02. The van der Waals surface area contributed by atoms with E-state index < -0.39 is 18.4 Å². The first-order valence-corrected chi connectivity index (χ1v) is 5.06. The van der Waals surface area contributed by atoms with Crippen molar-refractivity contribution < 1.29 is 18.3 Å². The summed E-state index contributed by atoms with van der Waals surface area (Å²) in [5, 5.41) is 0. The first-order valence-electron chi connectivity index (χ1n) is 5.06. The number of amides is 1. The van der Waals surface area contributed by atoms with Gasteiger partial charge in [-0.3, -0.25) is 4.79 Å². The number of carbonyl (C=O) groups is 1. The van der Waals surface area contributed by atoms with Crippen molar-refractivity contribution in [1.29, 1.82) is 0 Å². The fourth-order valence-corrected chi connectivity index (χ4v) is 1.39. The van der Waals surface area contributed by atoms with Gasteiger partial charge in [-0.1, -0.05) is 12.1 Å². The molecule has 0 saturated carbocycles. The molecule has 4 N–H and O–H groups in total. The maximum absolute atomic E-state index is 11.9. The van der Waals surface area contributed by atoms with E-state index in [-0.39, 0.29) is 12.3 Å². The Morgan fingerprint density at radius 1 is 1.29 bits per heavy atom. The smallest absolute Gasteiger partial charge is 0.387 e. The number of nitrogens with two attached hydrogens (primary N) is 2. The molecule has 0 heterocycles. The summed E-state index contributed by atoms with van der Waals surface area (Å²) >= 11 is 0. The van der Waals surface area contributed by atoms with Gasteiger partial charge in [0.1, 0.15) is 5.75 Å². The third-order valence-corrected chi connectivity index (χ3v) is 2.32. The lowest BCUT2D eigenvalue weighted by Gasteiger charge is -2.11. The van der Waals surface area contributed by atoms with Crippen molar-refractivity contribution in [1.82, 2.24) is 0 Å². The van der Waals surface area contributed by atoms with Crippen LogP contribution in [-0.4, -0.2) is 19.1 Å². The highest BCUT2D eigenvalue weighted by Crippen LogP contribution is 2.16. The van der Waals surface area contributed by atoms with Crippen molar-refractivity contribution in [3.05, 3.63) is 29.8 Å². The molecule has 1 rings (SSSR count). The number of hydrogen-bond donors (Lipinski definition) is 2. The van der Waals surface area contributed by atoms with Crippen molar-refractivity contribution in [3.8, 4) is 5.75 Å². The minimum Gasteiger partial charge on any atom is -0.435 e. The second-order valence-electron chi connectivity index (χ2n) is 3.56. The molecule has 0 bridgehead atoms. The maximum Gasteiger partial charge on any atom is 0.387 e. The Balaban J connectivity index is 2.64. The quantitative estimate of drug-likeness (QED) is 0.780. The number of primary amides is 1. The number of benzene rings is 1. The van der Waals surface area contributed by atoms with Crippen LogP contribution >= 0.6 is 0 Å². The molecule has 0 aromatic heterocycles. The molecule has 1 aromatic rings. The van der Waals surface area contributed by atoms with Crippen molar-refractivity contribution in [2.75, 3.05) is 6.54 Å². The molecule has 0 saturated heterocycles. The van der Waals surface area contributed by atoms with Gasteiger partial charge in [-0.2, -0.15) is 8.78 Å². The van der Waals surface area contributed by atoms with Gasteiger partial charge in [-0.05, 0) is 24.1 Å². The summed E-state index contributed by atoms with van der Waals surface area (Å²) < 4.78 is 28.0. The summed E-state index contributed by atoms with van der Waals surface area (Å²) in [7, 11) is 0. The van der Waals surface area contributed by atoms with Crippen LogP contribution in [0.2, 0.25) is 0 Å². The first kappa shape index (κ1) is 13.4. The average Bonchev–Trinajstić information content (AvgIpc) is 2.26. The van der Waals surface area contributed by atoms with E-state index in [0.717, 1.165) is 5.56 Å². The Hall–Kier alpha value is -1.69. The average molecular weight is 244 g/mol. The number of ether oxygens (including phenoxy) is 1. The zero-order valence-corrected chi connectivity index (χ0v) is 9.11. The van der Waals surface area contributed by atoms with E-state index in [1.165, 1.54) is 12.1 Å². The van der Waals surface area contributed by atoms with Crippen LogP contribution in [0.1, 0.15) is 5.56 Å². The molecular weight excluding hydrogens is 230 g/mol. The Morgan fingerprint density at radius 3 is 2.29 bits per heavy atom. The van der Waals surface area contributed by atoms with Crippen LogP contribution in [0.5, 0.6) is 5.75 Å². The summed E-state index contributed by atoms with van der Waals surface area (Å²) in [5.74, 6) is -0.843. The summed E-state index contributed by atoms with van der Waals surface area (Å²) in [5.41, 5.74) is 11.3. The topological polar surface area (TPSA) is 78.3 Å². The highest BCUT2D eigenvalue weighted by Gasteiger charge is 2.14. The molecule has 0 aliphatic rings. The molecule has 0 spiro atoms. The van der Waals surface area contributed by atoms with Gasteiger partial charge in [0.15, 0.2) is 0 Å². The van der Waals surface area contributed by atoms with E-state index in [2.05, 4.69) is 4.74 Å². The van der Waals surface area contributed by atoms with Crippen LogP contribution in [0.25, 0.3) is 0 Å². The summed E-state index contributed by atoms with van der Waals surface area (Å²) in [6.45, 7) is -2.69. The molecular formula is C11H14F2N2O2. The largest absolute Gasteiger partial charge is 0.435 e. The van der Waals surface area contributed by atoms with Crippen molar-refractivity contribution in [3.63, 3.8) is 0 Å². The fraction of sp³-hybridized carbons (Fsp3) is 0.364. The lowest BCUT2D eigenvalue weighted by atomic mass is 9.99. The summed E-state index contributed by atoms with van der Waals surface area (Å²) in [4.78, 5) is 11.0. The minimum atomic E-state index is -2.84. The van der Waals surface area contributed by atoms with Gasteiger partial charge in [0.2, 0.25) is 5.91 Å². The van der Waals surface area contributed by atoms with Gasteiger partial charge in [0, 0.05) is 6.54 Å². The predicted octanol–water partition coefficient (Wildman–Crippen LogP) is 0.891. The maximum atomic E-state index is 11.9. The number of hydrogen-bond acceptors (Lipinski definition) is 3. The minimum absolute atomic E-state index is 0.0760. The molecule has 6 heteroatoms. The lowest BCUT2D eigenvalue weighted by Crippen LogP contribution is -2.31. The zero-order chi connectivity index (χ0) is 12.8. The van der Waals surface area contributed by atoms with E-state index in [1.807, 2.05) is 0 Å². The fourth-order valence-electron chi connectivity index (χ4n) is 1.39. The van der Waals surface area contributed by atoms with Crippen LogP contribution in [0.15, 0.2) is 24.3 Å². The van der Waals surface area contributed by atoms with Gasteiger partial charge in [0.05, 0.1) is 5.92 Å². The Morgan fingerprint density at radius 2 is 1.88 bits per heavy atom. The van der Waals surface area contributed by atoms with Crippen LogP contribution < -0.4 is 16.2 Å². The summed E-state index contributed by atoms with van der Waals surface area (Å²) in [6.07, 6.45) is 0.390. The molecule has 1 atom stereocenters. The molecule has 0 radical (unpaired) electrons. The second-order valence-corrected chi connectivity index (χ2v) is 3.56. The van der Waals surface area contributed by atoms with Gasteiger partial charge in [-0.15, -0.1) is 0 Å². The second kappa shape index (κ2) is 6.15. The molecule has 4 nitrogen and oxygen atoms in total. The SMILES string of the molecule is NCC(Cc1ccc(OC(F)F)cc1)C(N)=O. The monoisotopic (exact) mass is 244 g/mol. The van der Waals surface area contributed by atoms with Gasteiger partial charge in [0.25, 0.3) is 0 Å². The molecule has 0 aliphatic carbocycles. The summed E-state index contributed by atoms with van der Waals surface area (Å²) in [6, 6.07) is 6.03. The van der Waals surface area contributed by atoms with E-state index in [9.17, 15) is 13.6 Å². The zero-order valence-electron chi connectivity index (χ0n) is 9.11. The van der Waals surface area contributed by atoms with Crippen molar-refractivity contribution in [2.45, 2.75) is 13.0 Å². The molecule has 17 heavy (non-hydrogen) atoms. The van der Waals surface area contributed by atoms with Crippen LogP contribution in [-0.2, 0) is 11.2 Å². The molecule has 0 fully saturated rings. The molecule has 1 unspecified atom stereocenters. The number of alkyl halides is 2. The van der Waals surface area contributed by atoms with Crippen molar-refractivity contribution >= 4 is 5.91 Å². The van der Waals surface area contributed by atoms with E-state index >= 15 is 0 Å². The normalized spacial score (nSPS) is 12.5. The van der Waals surface area contributed by atoms with E-state index in [4.69, 9.17) is 11.5 Å². The number of carbonyl (C=O) groups excluding carboxylic acids is 1. The Labute approximate surface area is 97.5 Å².